The molecule has 1 atom stereocenters. The maximum Gasteiger partial charge on any atom is 0.166 e. The molecule has 0 radical (unpaired) electrons. The SMILES string of the molecule is CC(CN1CCN(CCO)CC1)C(=O)c1ccccc1. The Bertz CT molecular complexity index is 414. The van der Waals surface area contributed by atoms with Crippen molar-refractivity contribution in [3.8, 4) is 0 Å². The molecule has 1 aliphatic rings. The average Bonchev–Trinajstić information content (AvgIpc) is 2.49. The van der Waals surface area contributed by atoms with Crippen molar-refractivity contribution in [3.05, 3.63) is 35.9 Å². The molecule has 0 aliphatic carbocycles. The standard InChI is InChI=1S/C16H24N2O2/c1-14(16(20)15-5-3-2-4-6-15)13-18-9-7-17(8-10-18)11-12-19/h2-6,14,19H,7-13H2,1H3. The number of Topliss-reactive ketones (excluding diaryl/α,β-unsaturated/α-hetero) is 1. The Morgan fingerprint density at radius 3 is 2.35 bits per heavy atom. The largest absolute Gasteiger partial charge is 0.395 e. The van der Waals surface area contributed by atoms with Crippen molar-refractivity contribution < 1.29 is 9.90 Å². The van der Waals surface area contributed by atoms with E-state index in [4.69, 9.17) is 5.11 Å². The van der Waals surface area contributed by atoms with Gasteiger partial charge in [-0.05, 0) is 0 Å². The minimum Gasteiger partial charge on any atom is -0.395 e. The van der Waals surface area contributed by atoms with Crippen LogP contribution in [-0.4, -0.2) is 66.6 Å². The lowest BCUT2D eigenvalue weighted by Crippen LogP contribution is -2.48. The van der Waals surface area contributed by atoms with E-state index in [1.54, 1.807) is 0 Å². The van der Waals surface area contributed by atoms with Crippen LogP contribution in [0.3, 0.4) is 0 Å². The van der Waals surface area contributed by atoms with E-state index in [2.05, 4.69) is 9.80 Å². The Hall–Kier alpha value is -1.23. The van der Waals surface area contributed by atoms with Gasteiger partial charge >= 0.3 is 0 Å². The van der Waals surface area contributed by atoms with E-state index >= 15 is 0 Å². The second kappa shape index (κ2) is 7.53. The Morgan fingerprint density at radius 1 is 1.15 bits per heavy atom. The monoisotopic (exact) mass is 276 g/mol. The Kier molecular flexibility index (Phi) is 5.71. The number of hydrogen-bond donors (Lipinski definition) is 1. The summed E-state index contributed by atoms with van der Waals surface area (Å²) >= 11 is 0. The number of nitrogens with zero attached hydrogens (tertiary/aromatic N) is 2. The molecule has 4 nitrogen and oxygen atoms in total. The van der Waals surface area contributed by atoms with Gasteiger partial charge in [-0.1, -0.05) is 37.3 Å². The van der Waals surface area contributed by atoms with Crippen molar-refractivity contribution in [3.63, 3.8) is 0 Å². The predicted molar refractivity (Wildman–Crippen MR) is 79.9 cm³/mol. The van der Waals surface area contributed by atoms with Gasteiger partial charge in [-0.25, -0.2) is 0 Å². The highest BCUT2D eigenvalue weighted by Crippen LogP contribution is 2.11. The van der Waals surface area contributed by atoms with Gasteiger partial charge in [0.05, 0.1) is 6.61 Å². The highest BCUT2D eigenvalue weighted by Gasteiger charge is 2.21. The number of rotatable bonds is 6. The van der Waals surface area contributed by atoms with Gasteiger partial charge in [0.1, 0.15) is 0 Å². The number of aliphatic hydroxyl groups excluding tert-OH is 1. The molecule has 1 unspecified atom stereocenters. The molecule has 1 saturated heterocycles. The van der Waals surface area contributed by atoms with Crippen LogP contribution < -0.4 is 0 Å². The highest BCUT2D eigenvalue weighted by molar-refractivity contribution is 5.97. The van der Waals surface area contributed by atoms with E-state index in [0.717, 1.165) is 44.8 Å². The van der Waals surface area contributed by atoms with E-state index < -0.39 is 0 Å². The normalized spacial score (nSPS) is 18.9. The molecule has 1 fully saturated rings. The molecule has 0 saturated carbocycles. The van der Waals surface area contributed by atoms with Crippen molar-refractivity contribution in [1.29, 1.82) is 0 Å². The minimum absolute atomic E-state index is 0.0294. The molecule has 0 aromatic heterocycles. The van der Waals surface area contributed by atoms with Gasteiger partial charge < -0.3 is 10.0 Å². The average molecular weight is 276 g/mol. The second-order valence-corrected chi connectivity index (χ2v) is 5.50. The summed E-state index contributed by atoms with van der Waals surface area (Å²) in [6.45, 7) is 7.73. The van der Waals surface area contributed by atoms with Gasteiger partial charge in [-0.3, -0.25) is 9.69 Å². The number of benzene rings is 1. The molecule has 110 valence electrons. The first kappa shape index (κ1) is 15.2. The van der Waals surface area contributed by atoms with E-state index in [1.165, 1.54) is 0 Å². The molecular weight excluding hydrogens is 252 g/mol. The number of aliphatic hydroxyl groups is 1. The third kappa shape index (κ3) is 4.13. The van der Waals surface area contributed by atoms with Gasteiger partial charge in [0.2, 0.25) is 0 Å². The van der Waals surface area contributed by atoms with Crippen LogP contribution in [0.1, 0.15) is 17.3 Å². The van der Waals surface area contributed by atoms with Crippen LogP contribution in [0, 0.1) is 5.92 Å². The van der Waals surface area contributed by atoms with Crippen LogP contribution in [0.5, 0.6) is 0 Å². The smallest absolute Gasteiger partial charge is 0.166 e. The number of ketones is 1. The zero-order chi connectivity index (χ0) is 14.4. The van der Waals surface area contributed by atoms with Crippen LogP contribution in [0.25, 0.3) is 0 Å². The van der Waals surface area contributed by atoms with Crippen LogP contribution in [0.2, 0.25) is 0 Å². The second-order valence-electron chi connectivity index (χ2n) is 5.50. The topological polar surface area (TPSA) is 43.8 Å². The minimum atomic E-state index is 0.0294. The van der Waals surface area contributed by atoms with Crippen molar-refractivity contribution >= 4 is 5.78 Å². The first-order valence-corrected chi connectivity index (χ1v) is 7.35. The lowest BCUT2D eigenvalue weighted by atomic mass is 9.98. The third-order valence-corrected chi connectivity index (χ3v) is 3.92. The first-order valence-electron chi connectivity index (χ1n) is 7.35. The van der Waals surface area contributed by atoms with E-state index in [-0.39, 0.29) is 18.3 Å². The molecule has 0 bridgehead atoms. The van der Waals surface area contributed by atoms with Gasteiger partial charge in [-0.2, -0.15) is 0 Å². The van der Waals surface area contributed by atoms with Crippen molar-refractivity contribution in [2.24, 2.45) is 5.92 Å². The Balaban J connectivity index is 1.81. The molecule has 1 aromatic rings. The zero-order valence-corrected chi connectivity index (χ0v) is 12.2. The molecule has 1 N–H and O–H groups in total. The number of carbonyl (C=O) groups excluding carboxylic acids is 1. The Morgan fingerprint density at radius 2 is 1.75 bits per heavy atom. The van der Waals surface area contributed by atoms with E-state index in [0.29, 0.717) is 0 Å². The summed E-state index contributed by atoms with van der Waals surface area (Å²) in [4.78, 5) is 16.9. The molecule has 0 spiro atoms. The maximum absolute atomic E-state index is 12.3. The predicted octanol–water partition coefficient (Wildman–Crippen LogP) is 1.12. The molecule has 0 amide bonds. The van der Waals surface area contributed by atoms with E-state index in [1.807, 2.05) is 37.3 Å². The summed E-state index contributed by atoms with van der Waals surface area (Å²) < 4.78 is 0. The highest BCUT2D eigenvalue weighted by atomic mass is 16.3. The van der Waals surface area contributed by atoms with Crippen LogP contribution in [0.15, 0.2) is 30.3 Å². The molecule has 20 heavy (non-hydrogen) atoms. The summed E-state index contributed by atoms with van der Waals surface area (Å²) in [6, 6.07) is 9.53. The fourth-order valence-electron chi connectivity index (χ4n) is 2.69. The summed E-state index contributed by atoms with van der Waals surface area (Å²) in [5.41, 5.74) is 0.805. The van der Waals surface area contributed by atoms with Crippen molar-refractivity contribution in [2.75, 3.05) is 45.9 Å². The maximum atomic E-state index is 12.3. The molecule has 1 aromatic carbocycles. The Labute approximate surface area is 121 Å². The van der Waals surface area contributed by atoms with Crippen LogP contribution in [0.4, 0.5) is 0 Å². The summed E-state index contributed by atoms with van der Waals surface area (Å²) in [5.74, 6) is 0.255. The van der Waals surface area contributed by atoms with Crippen LogP contribution in [-0.2, 0) is 0 Å². The number of carbonyl (C=O) groups is 1. The molecule has 1 heterocycles. The number of piperazine rings is 1. The molecule has 2 rings (SSSR count). The van der Waals surface area contributed by atoms with Crippen molar-refractivity contribution in [1.82, 2.24) is 9.80 Å². The summed E-state index contributed by atoms with van der Waals surface area (Å²) in [7, 11) is 0. The van der Waals surface area contributed by atoms with Crippen molar-refractivity contribution in [2.45, 2.75) is 6.92 Å². The number of hydrogen-bond acceptors (Lipinski definition) is 4. The van der Waals surface area contributed by atoms with Gasteiger partial charge in [-0.15, -0.1) is 0 Å². The summed E-state index contributed by atoms with van der Waals surface area (Å²) in [5, 5.41) is 8.93. The van der Waals surface area contributed by atoms with Gasteiger partial charge in [0.15, 0.2) is 5.78 Å². The number of β-amino-alcohol motifs (C(OH)–C–C–N with tert-alkyl or cyclic N) is 1. The fraction of sp³-hybridized carbons (Fsp3) is 0.562. The lowest BCUT2D eigenvalue weighted by molar-refractivity contribution is 0.0808. The van der Waals surface area contributed by atoms with Gasteiger partial charge in [0, 0.05) is 50.7 Å². The summed E-state index contributed by atoms with van der Waals surface area (Å²) in [6.07, 6.45) is 0. The molecule has 1 aliphatic heterocycles. The fourth-order valence-corrected chi connectivity index (χ4v) is 2.69. The molecule has 4 heteroatoms. The quantitative estimate of drug-likeness (QED) is 0.791. The zero-order valence-electron chi connectivity index (χ0n) is 12.2. The lowest BCUT2D eigenvalue weighted by Gasteiger charge is -2.35. The van der Waals surface area contributed by atoms with Crippen LogP contribution >= 0.6 is 0 Å². The van der Waals surface area contributed by atoms with Gasteiger partial charge in [0.25, 0.3) is 0 Å². The first-order chi connectivity index (χ1) is 9.70. The van der Waals surface area contributed by atoms with E-state index in [9.17, 15) is 4.79 Å². The third-order valence-electron chi connectivity index (χ3n) is 3.92. The molecular formula is C16H24N2O2.